The number of methoxy groups -OCH3 is 1. The van der Waals surface area contributed by atoms with Crippen molar-refractivity contribution in [3.05, 3.63) is 59.7 Å². The lowest BCUT2D eigenvalue weighted by Crippen LogP contribution is -2.70. The molecule has 0 spiro atoms. The van der Waals surface area contributed by atoms with Crippen molar-refractivity contribution in [2.24, 2.45) is 0 Å². The summed E-state index contributed by atoms with van der Waals surface area (Å²) < 4.78 is 5.18. The van der Waals surface area contributed by atoms with Crippen LogP contribution in [-0.2, 0) is 16.1 Å². The molecule has 31 heavy (non-hydrogen) atoms. The maximum Gasteiger partial charge on any atom is 0.267 e. The van der Waals surface area contributed by atoms with Gasteiger partial charge in [0.05, 0.1) is 18.4 Å². The number of hydrogen-bond donors (Lipinski definition) is 1. The van der Waals surface area contributed by atoms with E-state index in [1.807, 2.05) is 31.2 Å². The third kappa shape index (κ3) is 3.44. The van der Waals surface area contributed by atoms with Gasteiger partial charge < -0.3 is 15.0 Å². The van der Waals surface area contributed by atoms with Crippen molar-refractivity contribution in [3.63, 3.8) is 0 Å². The Bertz CT molecular complexity index is 1000. The van der Waals surface area contributed by atoms with Crippen LogP contribution in [-0.4, -0.2) is 41.9 Å². The Kier molecular flexibility index (Phi) is 5.67. The lowest BCUT2D eigenvalue weighted by molar-refractivity contribution is -0.133. The second-order valence-electron chi connectivity index (χ2n) is 7.90. The first-order valence-electron chi connectivity index (χ1n) is 10.7. The van der Waals surface area contributed by atoms with E-state index >= 15 is 0 Å². The maximum atomic E-state index is 13.6. The van der Waals surface area contributed by atoms with Crippen molar-refractivity contribution in [3.8, 4) is 5.75 Å². The highest BCUT2D eigenvalue weighted by atomic mass is 16.5. The summed E-state index contributed by atoms with van der Waals surface area (Å²) in [5, 5.41) is 2.98. The van der Waals surface area contributed by atoms with Gasteiger partial charge in [-0.1, -0.05) is 37.6 Å². The van der Waals surface area contributed by atoms with Gasteiger partial charge in [-0.15, -0.1) is 0 Å². The van der Waals surface area contributed by atoms with E-state index in [-0.39, 0.29) is 30.6 Å². The topological polar surface area (TPSA) is 79.0 Å². The van der Waals surface area contributed by atoms with E-state index in [0.29, 0.717) is 24.3 Å². The minimum Gasteiger partial charge on any atom is -0.497 e. The summed E-state index contributed by atoms with van der Waals surface area (Å²) in [6.45, 7) is 2.75. The Morgan fingerprint density at radius 1 is 1.13 bits per heavy atom. The number of benzene rings is 2. The van der Waals surface area contributed by atoms with Crippen molar-refractivity contribution in [2.75, 3.05) is 18.6 Å². The summed E-state index contributed by atoms with van der Waals surface area (Å²) in [7, 11) is 1.60. The van der Waals surface area contributed by atoms with Crippen molar-refractivity contribution in [1.29, 1.82) is 0 Å². The van der Waals surface area contributed by atoms with E-state index in [1.165, 1.54) is 0 Å². The van der Waals surface area contributed by atoms with Crippen LogP contribution >= 0.6 is 0 Å². The molecular formula is C24H27N3O4. The zero-order valence-electron chi connectivity index (χ0n) is 17.9. The first kappa shape index (κ1) is 20.9. The predicted octanol–water partition coefficient (Wildman–Crippen LogP) is 3.09. The molecule has 0 aromatic heterocycles. The molecule has 0 bridgehead atoms. The van der Waals surface area contributed by atoms with Gasteiger partial charge in [0.2, 0.25) is 11.6 Å². The van der Waals surface area contributed by atoms with Crippen molar-refractivity contribution >= 4 is 23.4 Å². The molecule has 4 rings (SSSR count). The molecule has 3 amide bonds. The molecule has 1 N–H and O–H groups in total. The van der Waals surface area contributed by atoms with Crippen LogP contribution in [0.15, 0.2) is 48.5 Å². The lowest BCUT2D eigenvalue weighted by atomic mass is 9.95. The zero-order valence-corrected chi connectivity index (χ0v) is 17.9. The van der Waals surface area contributed by atoms with Gasteiger partial charge in [-0.3, -0.25) is 19.3 Å². The fraction of sp³-hybridized carbons (Fsp3) is 0.375. The van der Waals surface area contributed by atoms with Gasteiger partial charge in [0, 0.05) is 25.9 Å². The number of carbonyl (C=O) groups is 3. The Balaban J connectivity index is 1.69. The smallest absolute Gasteiger partial charge is 0.267 e. The molecule has 7 heteroatoms. The zero-order chi connectivity index (χ0) is 22.0. The summed E-state index contributed by atoms with van der Waals surface area (Å²) in [5.41, 5.74) is 0.559. The second kappa shape index (κ2) is 8.41. The Labute approximate surface area is 182 Å². The molecular weight excluding hydrogens is 394 g/mol. The Morgan fingerprint density at radius 2 is 1.87 bits per heavy atom. The fourth-order valence-corrected chi connectivity index (χ4v) is 4.47. The molecule has 2 aromatic rings. The SMILES string of the molecule is CCCCN1C(=O)c2ccccc2N2C(=O)CCC12C(=O)NCc1ccc(OC)cc1. The number of unbranched alkanes of at least 4 members (excludes halogenated alkanes) is 1. The van der Waals surface area contributed by atoms with E-state index in [1.54, 1.807) is 41.2 Å². The highest BCUT2D eigenvalue weighted by Crippen LogP contribution is 2.44. The van der Waals surface area contributed by atoms with Gasteiger partial charge in [0.15, 0.2) is 0 Å². The average Bonchev–Trinajstić information content (AvgIpc) is 3.16. The number of rotatable bonds is 7. The highest BCUT2D eigenvalue weighted by molar-refractivity contribution is 6.16. The van der Waals surface area contributed by atoms with Gasteiger partial charge in [-0.2, -0.15) is 0 Å². The lowest BCUT2D eigenvalue weighted by Gasteiger charge is -2.49. The van der Waals surface area contributed by atoms with Crippen LogP contribution in [0.25, 0.3) is 0 Å². The summed E-state index contributed by atoms with van der Waals surface area (Å²) >= 11 is 0. The van der Waals surface area contributed by atoms with Crippen molar-refractivity contribution in [1.82, 2.24) is 10.2 Å². The number of hydrogen-bond acceptors (Lipinski definition) is 4. The number of nitrogens with zero attached hydrogens (tertiary/aromatic N) is 2. The van der Waals surface area contributed by atoms with Crippen LogP contribution in [0.5, 0.6) is 5.75 Å². The summed E-state index contributed by atoms with van der Waals surface area (Å²) in [6.07, 6.45) is 2.14. The number of carbonyl (C=O) groups excluding carboxylic acids is 3. The minimum absolute atomic E-state index is 0.138. The Morgan fingerprint density at radius 3 is 2.58 bits per heavy atom. The first-order chi connectivity index (χ1) is 15.0. The van der Waals surface area contributed by atoms with Crippen LogP contribution < -0.4 is 15.0 Å². The van der Waals surface area contributed by atoms with Gasteiger partial charge in [0.25, 0.3) is 11.8 Å². The third-order valence-electron chi connectivity index (χ3n) is 6.08. The van der Waals surface area contributed by atoms with Crippen LogP contribution in [0, 0.1) is 0 Å². The number of ether oxygens (including phenoxy) is 1. The normalized spacial score (nSPS) is 19.8. The summed E-state index contributed by atoms with van der Waals surface area (Å²) in [4.78, 5) is 43.2. The van der Waals surface area contributed by atoms with E-state index in [0.717, 1.165) is 24.2 Å². The molecule has 2 heterocycles. The number of anilines is 1. The molecule has 1 fully saturated rings. The number of amides is 3. The maximum absolute atomic E-state index is 13.6. The quantitative estimate of drug-likeness (QED) is 0.745. The van der Waals surface area contributed by atoms with Gasteiger partial charge in [0.1, 0.15) is 5.75 Å². The monoisotopic (exact) mass is 421 g/mol. The van der Waals surface area contributed by atoms with E-state index in [4.69, 9.17) is 4.74 Å². The van der Waals surface area contributed by atoms with Gasteiger partial charge >= 0.3 is 0 Å². The van der Waals surface area contributed by atoms with E-state index in [9.17, 15) is 14.4 Å². The number of fused-ring (bicyclic) bond motifs is 3. The molecule has 0 aliphatic carbocycles. The molecule has 1 unspecified atom stereocenters. The number of para-hydroxylation sites is 1. The molecule has 7 nitrogen and oxygen atoms in total. The number of nitrogens with one attached hydrogen (secondary N) is 1. The standard InChI is InChI=1S/C24H27N3O4/c1-3-4-15-26-22(29)19-7-5-6-8-20(19)27-21(28)13-14-24(26,27)23(30)25-16-17-9-11-18(31-2)12-10-17/h5-12H,3-4,13-16H2,1-2H3,(H,25,30). The fourth-order valence-electron chi connectivity index (χ4n) is 4.47. The van der Waals surface area contributed by atoms with Gasteiger partial charge in [-0.05, 0) is 36.2 Å². The summed E-state index contributed by atoms with van der Waals surface area (Å²) in [5.74, 6) is 0.0743. The average molecular weight is 421 g/mol. The Hall–Kier alpha value is -3.35. The molecule has 0 radical (unpaired) electrons. The van der Waals surface area contributed by atoms with Crippen molar-refractivity contribution in [2.45, 2.75) is 44.8 Å². The van der Waals surface area contributed by atoms with Crippen LogP contribution in [0.2, 0.25) is 0 Å². The molecule has 1 atom stereocenters. The second-order valence-corrected chi connectivity index (χ2v) is 7.90. The largest absolute Gasteiger partial charge is 0.497 e. The van der Waals surface area contributed by atoms with Gasteiger partial charge in [-0.25, -0.2) is 0 Å². The van der Waals surface area contributed by atoms with Crippen molar-refractivity contribution < 1.29 is 19.1 Å². The molecule has 162 valence electrons. The minimum atomic E-state index is -1.33. The van der Waals surface area contributed by atoms with E-state index < -0.39 is 5.66 Å². The molecule has 2 aliphatic heterocycles. The molecule has 2 aliphatic rings. The van der Waals surface area contributed by atoms with Crippen LogP contribution in [0.1, 0.15) is 48.5 Å². The molecule has 1 saturated heterocycles. The van der Waals surface area contributed by atoms with Crippen LogP contribution in [0.3, 0.4) is 0 Å². The predicted molar refractivity (Wildman–Crippen MR) is 117 cm³/mol. The molecule has 0 saturated carbocycles. The summed E-state index contributed by atoms with van der Waals surface area (Å²) in [6, 6.07) is 14.5. The highest BCUT2D eigenvalue weighted by Gasteiger charge is 2.60. The molecule has 2 aromatic carbocycles. The third-order valence-corrected chi connectivity index (χ3v) is 6.08. The van der Waals surface area contributed by atoms with E-state index in [2.05, 4.69) is 5.32 Å². The first-order valence-corrected chi connectivity index (χ1v) is 10.7. The van der Waals surface area contributed by atoms with Crippen LogP contribution in [0.4, 0.5) is 5.69 Å².